The van der Waals surface area contributed by atoms with Gasteiger partial charge in [0.05, 0.1) is 0 Å². The van der Waals surface area contributed by atoms with Crippen LogP contribution in [0.2, 0.25) is 0 Å². The van der Waals surface area contributed by atoms with Crippen LogP contribution in [-0.4, -0.2) is 40.3 Å². The van der Waals surface area contributed by atoms with Gasteiger partial charge >= 0.3 is 12.1 Å². The number of fused-ring (bicyclic) bond motifs is 1. The summed E-state index contributed by atoms with van der Waals surface area (Å²) in [6.07, 6.45) is 2.01. The average molecular weight is 347 g/mol. The molecule has 2 rings (SSSR count). The number of alkyl carbamates (subject to hydrolysis) is 1. The van der Waals surface area contributed by atoms with Gasteiger partial charge in [0, 0.05) is 28.8 Å². The van der Waals surface area contributed by atoms with Crippen LogP contribution in [0.25, 0.3) is 10.9 Å². The summed E-state index contributed by atoms with van der Waals surface area (Å²) in [5, 5.41) is 15.6. The van der Waals surface area contributed by atoms with Crippen LogP contribution in [0.1, 0.15) is 33.3 Å². The minimum Gasteiger partial charge on any atom is -0.480 e. The largest absolute Gasteiger partial charge is 0.480 e. The van der Waals surface area contributed by atoms with Crippen molar-refractivity contribution < 1.29 is 19.4 Å². The minimum atomic E-state index is -0.922. The van der Waals surface area contributed by atoms with Crippen molar-refractivity contribution in [3.63, 3.8) is 0 Å². The van der Waals surface area contributed by atoms with E-state index in [0.717, 1.165) is 22.2 Å². The fraction of sp³-hybridized carbons (Fsp3) is 0.444. The molecule has 1 atom stereocenters. The van der Waals surface area contributed by atoms with E-state index in [1.54, 1.807) is 0 Å². The van der Waals surface area contributed by atoms with Crippen LogP contribution in [-0.2, 0) is 16.0 Å². The maximum Gasteiger partial charge on any atom is 0.407 e. The molecule has 2 aromatic rings. The maximum absolute atomic E-state index is 11.9. The third-order valence-corrected chi connectivity index (χ3v) is 3.51. The summed E-state index contributed by atoms with van der Waals surface area (Å²) in [7, 11) is 0. The lowest BCUT2D eigenvalue weighted by atomic mass is 10.0. The fourth-order valence-electron chi connectivity index (χ4n) is 2.62. The van der Waals surface area contributed by atoms with E-state index in [4.69, 9.17) is 9.84 Å². The van der Waals surface area contributed by atoms with Crippen molar-refractivity contribution in [2.45, 2.75) is 45.8 Å². The van der Waals surface area contributed by atoms with Crippen LogP contribution in [0, 0.1) is 0 Å². The van der Waals surface area contributed by atoms with Crippen LogP contribution >= 0.6 is 0 Å². The van der Waals surface area contributed by atoms with E-state index in [1.165, 1.54) is 0 Å². The number of carboxylic acids is 1. The Hall–Kier alpha value is -2.70. The lowest BCUT2D eigenvalue weighted by molar-refractivity contribution is -0.134. The molecule has 0 fully saturated rings. The number of carboxylic acid groups (broad SMARTS) is 1. The molecule has 7 heteroatoms. The number of amides is 1. The molecule has 0 aliphatic carbocycles. The SMILES string of the molecule is CC(Cc1c[nH]c2cccc(NCC(=O)O)c12)NC(=O)OC(C)(C)C. The zero-order chi connectivity index (χ0) is 18.6. The molecule has 0 bridgehead atoms. The smallest absolute Gasteiger partial charge is 0.407 e. The van der Waals surface area contributed by atoms with Gasteiger partial charge in [-0.05, 0) is 51.8 Å². The zero-order valence-corrected chi connectivity index (χ0v) is 15.0. The van der Waals surface area contributed by atoms with Crippen LogP contribution in [0.5, 0.6) is 0 Å². The van der Waals surface area contributed by atoms with E-state index in [0.29, 0.717) is 6.42 Å². The Morgan fingerprint density at radius 2 is 2.04 bits per heavy atom. The number of aromatic amines is 1. The van der Waals surface area contributed by atoms with Crippen LogP contribution in [0.15, 0.2) is 24.4 Å². The van der Waals surface area contributed by atoms with Crippen LogP contribution in [0.3, 0.4) is 0 Å². The quantitative estimate of drug-likeness (QED) is 0.643. The van der Waals surface area contributed by atoms with Gasteiger partial charge in [-0.1, -0.05) is 6.07 Å². The summed E-state index contributed by atoms with van der Waals surface area (Å²) in [6.45, 7) is 7.19. The lowest BCUT2D eigenvalue weighted by Crippen LogP contribution is -2.38. The van der Waals surface area contributed by atoms with Gasteiger partial charge in [0.2, 0.25) is 0 Å². The number of hydrogen-bond donors (Lipinski definition) is 4. The standard InChI is InChI=1S/C18H25N3O4/c1-11(21-17(24)25-18(2,3)4)8-12-9-19-13-6-5-7-14(16(12)13)20-10-15(22)23/h5-7,9,11,19-20H,8,10H2,1-4H3,(H,21,24)(H,22,23). The third-order valence-electron chi connectivity index (χ3n) is 3.51. The van der Waals surface area contributed by atoms with Gasteiger partial charge in [-0.3, -0.25) is 4.79 Å². The Kier molecular flexibility index (Phi) is 5.56. The minimum absolute atomic E-state index is 0.138. The number of rotatable bonds is 6. The number of H-pyrrole nitrogens is 1. The van der Waals surface area contributed by atoms with Gasteiger partial charge < -0.3 is 25.5 Å². The second-order valence-corrected chi connectivity index (χ2v) is 7.04. The highest BCUT2D eigenvalue weighted by molar-refractivity contribution is 5.96. The monoisotopic (exact) mass is 347 g/mol. The predicted molar refractivity (Wildman–Crippen MR) is 97.0 cm³/mol. The molecule has 1 aromatic carbocycles. The second kappa shape index (κ2) is 7.46. The number of nitrogens with one attached hydrogen (secondary N) is 3. The highest BCUT2D eigenvalue weighted by atomic mass is 16.6. The number of aromatic nitrogens is 1. The topological polar surface area (TPSA) is 103 Å². The summed E-state index contributed by atoms with van der Waals surface area (Å²) >= 11 is 0. The van der Waals surface area contributed by atoms with Crippen LogP contribution < -0.4 is 10.6 Å². The van der Waals surface area contributed by atoms with Crippen molar-refractivity contribution in [2.24, 2.45) is 0 Å². The van der Waals surface area contributed by atoms with E-state index in [9.17, 15) is 9.59 Å². The predicted octanol–water partition coefficient (Wildman–Crippen LogP) is 3.12. The van der Waals surface area contributed by atoms with E-state index < -0.39 is 17.7 Å². The summed E-state index contributed by atoms with van der Waals surface area (Å²) in [5.74, 6) is -0.922. The van der Waals surface area contributed by atoms with Crippen molar-refractivity contribution in [3.05, 3.63) is 30.0 Å². The summed E-state index contributed by atoms with van der Waals surface area (Å²) in [5.41, 5.74) is 2.11. The molecule has 136 valence electrons. The van der Waals surface area contributed by atoms with Crippen molar-refractivity contribution in [3.8, 4) is 0 Å². The van der Waals surface area contributed by atoms with E-state index in [1.807, 2.05) is 52.1 Å². The Balaban J connectivity index is 2.12. The molecule has 0 saturated carbocycles. The maximum atomic E-state index is 11.9. The number of hydrogen-bond acceptors (Lipinski definition) is 4. The Bertz CT molecular complexity index is 761. The van der Waals surface area contributed by atoms with Crippen molar-refractivity contribution in [1.82, 2.24) is 10.3 Å². The fourth-order valence-corrected chi connectivity index (χ4v) is 2.62. The molecule has 0 aliphatic rings. The second-order valence-electron chi connectivity index (χ2n) is 7.04. The van der Waals surface area contributed by atoms with Gasteiger partial charge in [-0.15, -0.1) is 0 Å². The molecule has 4 N–H and O–H groups in total. The number of anilines is 1. The van der Waals surface area contributed by atoms with Crippen LogP contribution in [0.4, 0.5) is 10.5 Å². The zero-order valence-electron chi connectivity index (χ0n) is 15.0. The molecule has 1 amide bonds. The van der Waals surface area contributed by atoms with E-state index >= 15 is 0 Å². The highest BCUT2D eigenvalue weighted by Gasteiger charge is 2.19. The highest BCUT2D eigenvalue weighted by Crippen LogP contribution is 2.27. The molecule has 1 unspecified atom stereocenters. The molecular formula is C18H25N3O4. The first-order chi connectivity index (χ1) is 11.7. The summed E-state index contributed by atoms with van der Waals surface area (Å²) < 4.78 is 5.27. The molecule has 0 spiro atoms. The van der Waals surface area contributed by atoms with Crippen molar-refractivity contribution in [1.29, 1.82) is 0 Å². The summed E-state index contributed by atoms with van der Waals surface area (Å²) in [6, 6.07) is 5.49. The number of carbonyl (C=O) groups excluding carboxylic acids is 1. The molecule has 25 heavy (non-hydrogen) atoms. The number of ether oxygens (including phenoxy) is 1. The molecule has 0 radical (unpaired) electrons. The van der Waals surface area contributed by atoms with Gasteiger partial charge in [0.25, 0.3) is 0 Å². The lowest BCUT2D eigenvalue weighted by Gasteiger charge is -2.22. The van der Waals surface area contributed by atoms with Gasteiger partial charge in [0.15, 0.2) is 0 Å². The third kappa shape index (κ3) is 5.41. The molecular weight excluding hydrogens is 322 g/mol. The number of aliphatic carboxylic acids is 1. The first-order valence-electron chi connectivity index (χ1n) is 8.20. The molecule has 1 aromatic heterocycles. The van der Waals surface area contributed by atoms with Crippen molar-refractivity contribution >= 4 is 28.7 Å². The van der Waals surface area contributed by atoms with Gasteiger partial charge in [-0.2, -0.15) is 0 Å². The first-order valence-corrected chi connectivity index (χ1v) is 8.20. The molecule has 0 aliphatic heterocycles. The first kappa shape index (κ1) is 18.6. The molecule has 0 saturated heterocycles. The number of carbonyl (C=O) groups is 2. The Morgan fingerprint density at radius 3 is 2.68 bits per heavy atom. The van der Waals surface area contributed by atoms with Gasteiger partial charge in [-0.25, -0.2) is 4.79 Å². The average Bonchev–Trinajstić information content (AvgIpc) is 2.86. The van der Waals surface area contributed by atoms with Crippen molar-refractivity contribution in [2.75, 3.05) is 11.9 Å². The number of benzene rings is 1. The molecule has 7 nitrogen and oxygen atoms in total. The summed E-state index contributed by atoms with van der Waals surface area (Å²) in [4.78, 5) is 25.9. The van der Waals surface area contributed by atoms with E-state index in [2.05, 4.69) is 15.6 Å². The Morgan fingerprint density at radius 1 is 1.32 bits per heavy atom. The molecule has 1 heterocycles. The Labute approximate surface area is 146 Å². The van der Waals surface area contributed by atoms with E-state index in [-0.39, 0.29) is 12.6 Å². The van der Waals surface area contributed by atoms with Gasteiger partial charge in [0.1, 0.15) is 12.1 Å². The normalized spacial score (nSPS) is 12.6.